The third kappa shape index (κ3) is 34.8. The van der Waals surface area contributed by atoms with E-state index in [1.807, 2.05) is 0 Å². The van der Waals surface area contributed by atoms with Gasteiger partial charge in [-0.05, 0) is 90.0 Å². The van der Waals surface area contributed by atoms with E-state index in [2.05, 4.69) is 36.9 Å². The van der Waals surface area contributed by atoms with Gasteiger partial charge >= 0.3 is 23.9 Å². The lowest BCUT2D eigenvalue weighted by Gasteiger charge is -2.31. The average molecular weight is 1320 g/mol. The van der Waals surface area contributed by atoms with Gasteiger partial charge in [-0.25, -0.2) is 0 Å². The molecule has 3 heterocycles. The Morgan fingerprint density at radius 1 is 0.548 bits per heavy atom. The SMILES string of the molecule is CC(=O)N1CCC[C@H]1C(=O)N1CCC[C@H]1C(=O)N[C@@H](CC1=CCC=N1)C(=O)N[C@@H](CCC(=O)O)C(=O)N[C@@H](CCCCN(CC(=O)O)CC(=O)O)C(=O)N[C@@H](CCCCNC(=O)COCCOCCNC(=O)CCCCCCCCCCCCCCCC(=O)O)C(N)=O. The number of aliphatic carboxylic acids is 4. The number of hydrogen-bond donors (Lipinski definition) is 11. The van der Waals surface area contributed by atoms with Crippen LogP contribution in [0.15, 0.2) is 16.8 Å². The van der Waals surface area contributed by atoms with Crippen LogP contribution >= 0.6 is 0 Å². The fourth-order valence-corrected chi connectivity index (χ4v) is 11.3. The van der Waals surface area contributed by atoms with Crippen molar-refractivity contribution >= 4 is 83.3 Å². The number of nitrogens with two attached hydrogens (primary N) is 1. The molecule has 0 bridgehead atoms. The van der Waals surface area contributed by atoms with Crippen LogP contribution in [-0.4, -0.2) is 227 Å². The molecule has 524 valence electrons. The molecule has 3 rings (SSSR count). The number of rotatable bonds is 53. The summed E-state index contributed by atoms with van der Waals surface area (Å²) in [6.45, 7) is 1.56. The lowest BCUT2D eigenvalue weighted by molar-refractivity contribution is -0.146. The molecule has 6 atom stereocenters. The minimum absolute atomic E-state index is 0.00960. The van der Waals surface area contributed by atoms with E-state index in [-0.39, 0.29) is 109 Å². The molecule has 30 nitrogen and oxygen atoms in total. The number of allylic oxidation sites excluding steroid dienone is 1. The van der Waals surface area contributed by atoms with Gasteiger partial charge in [0.15, 0.2) is 0 Å². The number of unbranched alkanes of at least 4 members (excludes halogenated alkanes) is 14. The van der Waals surface area contributed by atoms with Crippen LogP contribution in [0.25, 0.3) is 0 Å². The standard InChI is InChI=1S/C63H103N11O19/c1-44(75)73-35-21-26-51(73)63(91)74-36-20-25-50(74)62(90)71-49(40-45-22-19-32-65-45)61(89)70-48(29-30-55(80)81)60(88)69-47(24-16-18-34-72(41-56(82)83)42-57(84)85)59(87)68-46(58(64)86)23-15-17-31-66-53(77)43-93-39-38-92-37-33-67-52(76)27-13-11-9-7-5-3-2-4-6-8-10-12-14-28-54(78)79/h22,32,46-51H,2-21,23-31,33-43H2,1H3,(H2,64,86)(H,66,77)(H,67,76)(H,68,87)(H,69,88)(H,70,89)(H,71,90)(H,78,79)(H,80,81)(H,82,83)(H,84,85)/t46-,47-,48-,49-,50-,51-/m0/s1. The molecule has 0 radical (unpaired) electrons. The molecular formula is C63H103N11O19. The third-order valence-electron chi connectivity index (χ3n) is 16.3. The van der Waals surface area contributed by atoms with Crippen LogP contribution in [-0.2, 0) is 71.8 Å². The number of amides is 9. The number of carbonyl (C=O) groups is 13. The highest BCUT2D eigenvalue weighted by molar-refractivity contribution is 5.97. The molecule has 0 aliphatic carbocycles. The molecule has 9 amide bonds. The van der Waals surface area contributed by atoms with Gasteiger partial charge in [-0.2, -0.15) is 0 Å². The normalized spacial score (nSPS) is 16.4. The van der Waals surface area contributed by atoms with Gasteiger partial charge in [0.25, 0.3) is 0 Å². The van der Waals surface area contributed by atoms with E-state index in [1.54, 1.807) is 12.3 Å². The van der Waals surface area contributed by atoms with E-state index < -0.39 is 127 Å². The molecule has 3 aliphatic heterocycles. The van der Waals surface area contributed by atoms with Crippen molar-refractivity contribution in [3.8, 4) is 0 Å². The zero-order valence-corrected chi connectivity index (χ0v) is 54.2. The number of hydrogen-bond acceptors (Lipinski definition) is 17. The number of nitrogens with zero attached hydrogens (tertiary/aromatic N) is 4. The molecule has 12 N–H and O–H groups in total. The second-order valence-electron chi connectivity index (χ2n) is 23.9. The van der Waals surface area contributed by atoms with Crippen LogP contribution in [0.3, 0.4) is 0 Å². The molecule has 93 heavy (non-hydrogen) atoms. The van der Waals surface area contributed by atoms with Crippen LogP contribution in [0.1, 0.15) is 193 Å². The van der Waals surface area contributed by atoms with Crippen molar-refractivity contribution in [1.29, 1.82) is 0 Å². The number of carboxylic acids is 4. The third-order valence-corrected chi connectivity index (χ3v) is 16.3. The van der Waals surface area contributed by atoms with Gasteiger partial charge in [-0.3, -0.25) is 72.2 Å². The van der Waals surface area contributed by atoms with Gasteiger partial charge in [-0.1, -0.05) is 76.7 Å². The Morgan fingerprint density at radius 3 is 1.63 bits per heavy atom. The zero-order valence-electron chi connectivity index (χ0n) is 54.2. The van der Waals surface area contributed by atoms with Crippen molar-refractivity contribution in [2.24, 2.45) is 10.7 Å². The predicted octanol–water partition coefficient (Wildman–Crippen LogP) is 2.04. The Morgan fingerprint density at radius 2 is 1.06 bits per heavy atom. The summed E-state index contributed by atoms with van der Waals surface area (Å²) in [5.41, 5.74) is 6.14. The van der Waals surface area contributed by atoms with Gasteiger partial charge in [0, 0.05) is 77.1 Å². The van der Waals surface area contributed by atoms with Gasteiger partial charge in [-0.15, -0.1) is 0 Å². The Hall–Kier alpha value is -7.60. The number of likely N-dealkylation sites (tertiary alicyclic amines) is 2. The summed E-state index contributed by atoms with van der Waals surface area (Å²) in [6.07, 6.45) is 19.5. The van der Waals surface area contributed by atoms with Crippen molar-refractivity contribution in [3.63, 3.8) is 0 Å². The molecule has 30 heteroatoms. The number of primary amides is 1. The van der Waals surface area contributed by atoms with Crippen LogP contribution in [0.2, 0.25) is 0 Å². The van der Waals surface area contributed by atoms with E-state index in [0.717, 1.165) is 56.3 Å². The van der Waals surface area contributed by atoms with Crippen molar-refractivity contribution in [3.05, 3.63) is 11.8 Å². The summed E-state index contributed by atoms with van der Waals surface area (Å²) < 4.78 is 10.9. The molecule has 0 spiro atoms. The molecule has 2 fully saturated rings. The number of aliphatic imine (C=N–C) groups is 1. The molecule has 2 saturated heterocycles. The first-order valence-electron chi connectivity index (χ1n) is 33.1. The summed E-state index contributed by atoms with van der Waals surface area (Å²) in [7, 11) is 0. The van der Waals surface area contributed by atoms with Crippen LogP contribution < -0.4 is 37.6 Å². The average Bonchev–Trinajstić information content (AvgIpc) is 1.74. The quantitative estimate of drug-likeness (QED) is 0.0388. The first kappa shape index (κ1) is 79.6. The van der Waals surface area contributed by atoms with Crippen LogP contribution in [0.4, 0.5) is 0 Å². The van der Waals surface area contributed by atoms with E-state index in [1.165, 1.54) is 48.8 Å². The zero-order chi connectivity index (χ0) is 68.3. The Balaban J connectivity index is 1.50. The Kier molecular flexibility index (Phi) is 39.8. The highest BCUT2D eigenvalue weighted by Crippen LogP contribution is 2.26. The monoisotopic (exact) mass is 1320 g/mol. The molecule has 0 unspecified atom stereocenters. The highest BCUT2D eigenvalue weighted by atomic mass is 16.5. The van der Waals surface area contributed by atoms with E-state index in [0.29, 0.717) is 57.3 Å². The minimum Gasteiger partial charge on any atom is -0.481 e. The number of carboxylic acid groups (broad SMARTS) is 4. The lowest BCUT2D eigenvalue weighted by Crippen LogP contribution is -2.59. The lowest BCUT2D eigenvalue weighted by atomic mass is 10.0. The largest absolute Gasteiger partial charge is 0.481 e. The van der Waals surface area contributed by atoms with Crippen LogP contribution in [0, 0.1) is 0 Å². The van der Waals surface area contributed by atoms with Gasteiger partial charge in [0.1, 0.15) is 42.9 Å². The van der Waals surface area contributed by atoms with Crippen molar-refractivity contribution in [2.75, 3.05) is 72.2 Å². The minimum atomic E-state index is -1.64. The first-order valence-corrected chi connectivity index (χ1v) is 33.1. The highest BCUT2D eigenvalue weighted by Gasteiger charge is 2.43. The van der Waals surface area contributed by atoms with Crippen LogP contribution in [0.5, 0.6) is 0 Å². The number of ether oxygens (including phenoxy) is 2. The molecule has 0 saturated carbocycles. The van der Waals surface area contributed by atoms with Crippen molar-refractivity contribution in [1.82, 2.24) is 46.6 Å². The number of nitrogens with one attached hydrogen (secondary N) is 6. The van der Waals surface area contributed by atoms with Gasteiger partial charge in [0.05, 0.1) is 32.9 Å². The Labute approximate surface area is 544 Å². The molecule has 3 aliphatic rings. The second kappa shape index (κ2) is 46.5. The molecule has 0 aromatic rings. The summed E-state index contributed by atoms with van der Waals surface area (Å²) in [5, 5.41) is 53.0. The topological polar surface area (TPSA) is 442 Å². The number of carbonyl (C=O) groups excluding carboxylic acids is 9. The summed E-state index contributed by atoms with van der Waals surface area (Å²) in [5.74, 6) is -10.2. The Bertz CT molecular complexity index is 2480. The smallest absolute Gasteiger partial charge is 0.317 e. The maximum atomic E-state index is 14.3. The van der Waals surface area contributed by atoms with Gasteiger partial charge < -0.3 is 77.3 Å². The maximum Gasteiger partial charge on any atom is 0.317 e. The molecule has 0 aromatic carbocycles. The first-order chi connectivity index (χ1) is 44.6. The van der Waals surface area contributed by atoms with Gasteiger partial charge in [0.2, 0.25) is 53.2 Å². The molecule has 0 aromatic heterocycles. The maximum absolute atomic E-state index is 14.3. The second-order valence-corrected chi connectivity index (χ2v) is 23.9. The van der Waals surface area contributed by atoms with E-state index >= 15 is 0 Å². The summed E-state index contributed by atoms with van der Waals surface area (Å²) >= 11 is 0. The summed E-state index contributed by atoms with van der Waals surface area (Å²) in [6, 6.07) is -7.58. The molecular weight excluding hydrogens is 1210 g/mol. The fraction of sp³-hybridized carbons (Fsp3) is 0.746. The fourth-order valence-electron chi connectivity index (χ4n) is 11.3. The van der Waals surface area contributed by atoms with Crippen molar-refractivity contribution < 1.29 is 92.2 Å². The summed E-state index contributed by atoms with van der Waals surface area (Å²) in [4.78, 5) is 174. The van der Waals surface area contributed by atoms with Crippen molar-refractivity contribution in [2.45, 2.75) is 229 Å². The van der Waals surface area contributed by atoms with E-state index in [4.69, 9.17) is 20.3 Å². The predicted molar refractivity (Wildman–Crippen MR) is 339 cm³/mol. The van der Waals surface area contributed by atoms with E-state index in [9.17, 15) is 77.6 Å².